The quantitative estimate of drug-likeness (QED) is 0.670. The fraction of sp³-hybridized carbons (Fsp3) is 0.556. The zero-order valence-corrected chi connectivity index (χ0v) is 14.2. The van der Waals surface area contributed by atoms with Crippen molar-refractivity contribution in [2.75, 3.05) is 43.9 Å². The normalized spacial score (nSPS) is 18.2. The van der Waals surface area contributed by atoms with Crippen molar-refractivity contribution in [2.45, 2.75) is 25.7 Å². The van der Waals surface area contributed by atoms with E-state index in [0.717, 1.165) is 36.3 Å². The lowest BCUT2D eigenvalue weighted by atomic mass is 9.96. The fourth-order valence-electron chi connectivity index (χ4n) is 3.69. The van der Waals surface area contributed by atoms with Crippen molar-refractivity contribution < 1.29 is 14.3 Å². The molecular formula is C18H25N3O3. The maximum atomic E-state index is 12.6. The number of carbonyl (C=O) groups is 2. The Balaban J connectivity index is 1.61. The zero-order chi connectivity index (χ0) is 17.1. The molecule has 3 rings (SSSR count). The summed E-state index contributed by atoms with van der Waals surface area (Å²) in [6.07, 6.45) is 3.35. The van der Waals surface area contributed by atoms with Crippen LogP contribution in [-0.2, 0) is 20.7 Å². The van der Waals surface area contributed by atoms with E-state index < -0.39 is 0 Å². The molecule has 6 heteroatoms. The van der Waals surface area contributed by atoms with Crippen LogP contribution in [0.1, 0.15) is 24.8 Å². The minimum atomic E-state index is -0.164. The standard InChI is InChI=1S/C18H25N3O3/c1-24-18(23)13-7-10-20(11-8-13)17(22)12-21-9-3-4-14-15(19)5-2-6-16(14)21/h2,5-6,13H,3-4,7-12,19H2,1H3. The number of fused-ring (bicyclic) bond motifs is 1. The maximum absolute atomic E-state index is 12.6. The molecule has 0 aliphatic carbocycles. The van der Waals surface area contributed by atoms with E-state index in [9.17, 15) is 9.59 Å². The van der Waals surface area contributed by atoms with Crippen molar-refractivity contribution in [3.8, 4) is 0 Å². The van der Waals surface area contributed by atoms with Gasteiger partial charge in [-0.05, 0) is 43.4 Å². The van der Waals surface area contributed by atoms with Crippen LogP contribution in [0.5, 0.6) is 0 Å². The zero-order valence-electron chi connectivity index (χ0n) is 14.2. The summed E-state index contributed by atoms with van der Waals surface area (Å²) in [6.45, 7) is 2.49. The molecule has 2 N–H and O–H groups in total. The Bertz CT molecular complexity index is 624. The van der Waals surface area contributed by atoms with Crippen LogP contribution in [0, 0.1) is 5.92 Å². The molecule has 2 aliphatic rings. The predicted molar refractivity (Wildman–Crippen MR) is 92.7 cm³/mol. The SMILES string of the molecule is COC(=O)C1CCN(C(=O)CN2CCCc3c(N)cccc32)CC1. The van der Waals surface area contributed by atoms with Crippen molar-refractivity contribution in [1.82, 2.24) is 4.90 Å². The van der Waals surface area contributed by atoms with Crippen LogP contribution in [0.2, 0.25) is 0 Å². The summed E-state index contributed by atoms with van der Waals surface area (Å²) in [5, 5.41) is 0. The number of likely N-dealkylation sites (tertiary alicyclic amines) is 1. The lowest BCUT2D eigenvalue weighted by molar-refractivity contribution is -0.148. The highest BCUT2D eigenvalue weighted by molar-refractivity contribution is 5.83. The van der Waals surface area contributed by atoms with E-state index in [1.807, 2.05) is 23.1 Å². The van der Waals surface area contributed by atoms with Crippen molar-refractivity contribution in [1.29, 1.82) is 0 Å². The van der Waals surface area contributed by atoms with Crippen LogP contribution in [0.25, 0.3) is 0 Å². The number of carbonyl (C=O) groups excluding carboxylic acids is 2. The molecule has 0 unspecified atom stereocenters. The second-order valence-corrected chi connectivity index (χ2v) is 6.55. The van der Waals surface area contributed by atoms with E-state index >= 15 is 0 Å². The summed E-state index contributed by atoms with van der Waals surface area (Å²) in [6, 6.07) is 5.90. The van der Waals surface area contributed by atoms with Crippen LogP contribution in [0.3, 0.4) is 0 Å². The van der Waals surface area contributed by atoms with Gasteiger partial charge in [0, 0.05) is 31.0 Å². The van der Waals surface area contributed by atoms with Gasteiger partial charge in [-0.3, -0.25) is 9.59 Å². The molecule has 0 atom stereocenters. The molecule has 2 aliphatic heterocycles. The molecule has 1 amide bonds. The average molecular weight is 331 g/mol. The monoisotopic (exact) mass is 331 g/mol. The van der Waals surface area contributed by atoms with E-state index in [1.165, 1.54) is 7.11 Å². The van der Waals surface area contributed by atoms with Crippen molar-refractivity contribution in [3.63, 3.8) is 0 Å². The Kier molecular flexibility index (Phi) is 4.92. The Morgan fingerprint density at radius 3 is 2.71 bits per heavy atom. The number of esters is 1. The number of anilines is 2. The molecule has 0 radical (unpaired) electrons. The first kappa shape index (κ1) is 16.6. The molecule has 24 heavy (non-hydrogen) atoms. The van der Waals surface area contributed by atoms with E-state index in [-0.39, 0.29) is 17.8 Å². The average Bonchev–Trinajstić information content (AvgIpc) is 2.62. The number of ether oxygens (including phenoxy) is 1. The number of piperidine rings is 1. The molecule has 1 aromatic rings. The third kappa shape index (κ3) is 3.32. The first-order valence-corrected chi connectivity index (χ1v) is 8.58. The van der Waals surface area contributed by atoms with Gasteiger partial charge in [0.1, 0.15) is 0 Å². The minimum absolute atomic E-state index is 0.0745. The number of amides is 1. The highest BCUT2D eigenvalue weighted by Gasteiger charge is 2.29. The number of hydrogen-bond donors (Lipinski definition) is 1. The number of nitrogens with two attached hydrogens (primary N) is 1. The number of nitrogen functional groups attached to an aromatic ring is 1. The number of nitrogens with zero attached hydrogens (tertiary/aromatic N) is 2. The van der Waals surface area contributed by atoms with E-state index in [0.29, 0.717) is 32.5 Å². The van der Waals surface area contributed by atoms with Gasteiger partial charge < -0.3 is 20.3 Å². The molecule has 1 saturated heterocycles. The van der Waals surface area contributed by atoms with Gasteiger partial charge in [-0.1, -0.05) is 6.07 Å². The van der Waals surface area contributed by atoms with Gasteiger partial charge in [-0.15, -0.1) is 0 Å². The van der Waals surface area contributed by atoms with Crippen molar-refractivity contribution >= 4 is 23.3 Å². The maximum Gasteiger partial charge on any atom is 0.308 e. The Morgan fingerprint density at radius 2 is 2.00 bits per heavy atom. The van der Waals surface area contributed by atoms with Gasteiger partial charge in [0.05, 0.1) is 19.6 Å². The Morgan fingerprint density at radius 1 is 1.25 bits per heavy atom. The first-order valence-electron chi connectivity index (χ1n) is 8.58. The largest absolute Gasteiger partial charge is 0.469 e. The molecule has 2 heterocycles. The van der Waals surface area contributed by atoms with Gasteiger partial charge in [0.2, 0.25) is 5.91 Å². The number of hydrogen-bond acceptors (Lipinski definition) is 5. The summed E-state index contributed by atoms with van der Waals surface area (Å²) < 4.78 is 4.79. The molecular weight excluding hydrogens is 306 g/mol. The second kappa shape index (κ2) is 7.11. The van der Waals surface area contributed by atoms with Crippen LogP contribution in [0.15, 0.2) is 18.2 Å². The van der Waals surface area contributed by atoms with E-state index in [1.54, 1.807) is 0 Å². The number of benzene rings is 1. The summed E-state index contributed by atoms with van der Waals surface area (Å²) in [5.74, 6) is -0.120. The van der Waals surface area contributed by atoms with Gasteiger partial charge >= 0.3 is 5.97 Å². The predicted octanol–water partition coefficient (Wildman–Crippen LogP) is 1.43. The third-order valence-corrected chi connectivity index (χ3v) is 5.09. The lowest BCUT2D eigenvalue weighted by Gasteiger charge is -2.35. The number of methoxy groups -OCH3 is 1. The Hall–Kier alpha value is -2.24. The van der Waals surface area contributed by atoms with E-state index in [2.05, 4.69) is 4.90 Å². The molecule has 1 aromatic carbocycles. The molecule has 0 saturated carbocycles. The lowest BCUT2D eigenvalue weighted by Crippen LogP contribution is -2.46. The van der Waals surface area contributed by atoms with Crippen LogP contribution >= 0.6 is 0 Å². The van der Waals surface area contributed by atoms with Crippen molar-refractivity contribution in [2.24, 2.45) is 5.92 Å². The topological polar surface area (TPSA) is 75.9 Å². The van der Waals surface area contributed by atoms with Crippen LogP contribution in [0.4, 0.5) is 11.4 Å². The van der Waals surface area contributed by atoms with Gasteiger partial charge in [-0.25, -0.2) is 0 Å². The summed E-state index contributed by atoms with van der Waals surface area (Å²) in [4.78, 5) is 28.2. The second-order valence-electron chi connectivity index (χ2n) is 6.55. The minimum Gasteiger partial charge on any atom is -0.469 e. The molecule has 0 aromatic heterocycles. The first-order chi connectivity index (χ1) is 11.6. The fourth-order valence-corrected chi connectivity index (χ4v) is 3.69. The summed E-state index contributed by atoms with van der Waals surface area (Å²) in [5.41, 5.74) is 9.11. The van der Waals surface area contributed by atoms with Gasteiger partial charge in [0.15, 0.2) is 0 Å². The Labute approximate surface area is 142 Å². The molecule has 6 nitrogen and oxygen atoms in total. The van der Waals surface area contributed by atoms with E-state index in [4.69, 9.17) is 10.5 Å². The van der Waals surface area contributed by atoms with Gasteiger partial charge in [-0.2, -0.15) is 0 Å². The van der Waals surface area contributed by atoms with Gasteiger partial charge in [0.25, 0.3) is 0 Å². The smallest absolute Gasteiger partial charge is 0.308 e. The van der Waals surface area contributed by atoms with Crippen molar-refractivity contribution in [3.05, 3.63) is 23.8 Å². The molecule has 0 bridgehead atoms. The van der Waals surface area contributed by atoms with Crippen LogP contribution < -0.4 is 10.6 Å². The highest BCUT2D eigenvalue weighted by Crippen LogP contribution is 2.31. The molecule has 0 spiro atoms. The van der Waals surface area contributed by atoms with Crippen LogP contribution in [-0.4, -0.2) is 50.1 Å². The summed E-state index contributed by atoms with van der Waals surface area (Å²) in [7, 11) is 1.42. The molecule has 1 fully saturated rings. The number of rotatable bonds is 3. The highest BCUT2D eigenvalue weighted by atomic mass is 16.5. The molecule has 130 valence electrons. The summed E-state index contributed by atoms with van der Waals surface area (Å²) >= 11 is 0. The third-order valence-electron chi connectivity index (χ3n) is 5.09.